The Bertz CT molecular complexity index is 458. The molecule has 1 aliphatic carbocycles. The van der Waals surface area contributed by atoms with E-state index in [1.54, 1.807) is 0 Å². The van der Waals surface area contributed by atoms with Gasteiger partial charge in [-0.15, -0.1) is 0 Å². The molecule has 3 N–H and O–H groups in total. The standard InChI is InChI=1S/C22H43NO4/c1-20(2,3)14-22(7,21(4,5)6)15-27-13-18(24)12-23-17-10-8-16(9-11-17)19(25)26/h16-18,23-24H,8-15H2,1-7H3,(H,25,26). The van der Waals surface area contributed by atoms with E-state index in [9.17, 15) is 9.90 Å². The van der Waals surface area contributed by atoms with Crippen molar-refractivity contribution in [3.05, 3.63) is 0 Å². The van der Waals surface area contributed by atoms with E-state index in [1.807, 2.05) is 0 Å². The number of ether oxygens (including phenoxy) is 1. The van der Waals surface area contributed by atoms with Crippen LogP contribution in [0.25, 0.3) is 0 Å². The second-order valence-corrected chi connectivity index (χ2v) is 11.0. The van der Waals surface area contributed by atoms with Gasteiger partial charge in [-0.1, -0.05) is 48.5 Å². The van der Waals surface area contributed by atoms with Crippen LogP contribution in [0.2, 0.25) is 0 Å². The highest BCUT2D eigenvalue weighted by atomic mass is 16.5. The van der Waals surface area contributed by atoms with Crippen LogP contribution in [0.4, 0.5) is 0 Å². The van der Waals surface area contributed by atoms with E-state index in [2.05, 4.69) is 53.8 Å². The Morgan fingerprint density at radius 3 is 2.07 bits per heavy atom. The Kier molecular flexibility index (Phi) is 8.77. The lowest BCUT2D eigenvalue weighted by Crippen LogP contribution is -2.43. The molecule has 160 valence electrons. The summed E-state index contributed by atoms with van der Waals surface area (Å²) in [5.74, 6) is -0.881. The Labute approximate surface area is 166 Å². The number of aliphatic hydroxyl groups is 1. The third-order valence-electron chi connectivity index (χ3n) is 6.18. The normalized spacial score (nSPS) is 25.0. The van der Waals surface area contributed by atoms with E-state index in [4.69, 9.17) is 9.84 Å². The van der Waals surface area contributed by atoms with E-state index in [0.29, 0.717) is 25.8 Å². The van der Waals surface area contributed by atoms with Crippen LogP contribution in [0.15, 0.2) is 0 Å². The molecule has 5 nitrogen and oxygen atoms in total. The average molecular weight is 386 g/mol. The van der Waals surface area contributed by atoms with Crippen LogP contribution in [0, 0.1) is 22.2 Å². The van der Waals surface area contributed by atoms with E-state index < -0.39 is 12.1 Å². The first-order valence-electron chi connectivity index (χ1n) is 10.5. The number of carboxylic acids is 1. The molecule has 27 heavy (non-hydrogen) atoms. The highest BCUT2D eigenvalue weighted by molar-refractivity contribution is 5.70. The Hall–Kier alpha value is -0.650. The molecule has 0 heterocycles. The van der Waals surface area contributed by atoms with Crippen molar-refractivity contribution >= 4 is 5.97 Å². The first-order valence-corrected chi connectivity index (χ1v) is 10.5. The van der Waals surface area contributed by atoms with Gasteiger partial charge in [0.15, 0.2) is 0 Å². The Balaban J connectivity index is 2.36. The molecular weight excluding hydrogens is 342 g/mol. The van der Waals surface area contributed by atoms with Crippen LogP contribution in [-0.2, 0) is 9.53 Å². The van der Waals surface area contributed by atoms with Gasteiger partial charge in [0.25, 0.3) is 0 Å². The van der Waals surface area contributed by atoms with Crippen molar-refractivity contribution < 1.29 is 19.7 Å². The minimum atomic E-state index is -0.681. The number of hydrogen-bond acceptors (Lipinski definition) is 4. The minimum absolute atomic E-state index is 0.0353. The van der Waals surface area contributed by atoms with Gasteiger partial charge in [-0.2, -0.15) is 0 Å². The van der Waals surface area contributed by atoms with Crippen LogP contribution >= 0.6 is 0 Å². The third kappa shape index (κ3) is 8.49. The number of carboxylic acid groups (broad SMARTS) is 1. The van der Waals surface area contributed by atoms with Crippen molar-refractivity contribution in [1.82, 2.24) is 5.32 Å². The van der Waals surface area contributed by atoms with Gasteiger partial charge < -0.3 is 20.3 Å². The molecule has 0 saturated heterocycles. The highest BCUT2D eigenvalue weighted by Crippen LogP contribution is 2.46. The molecule has 1 rings (SSSR count). The topological polar surface area (TPSA) is 78.8 Å². The second-order valence-electron chi connectivity index (χ2n) is 11.0. The molecule has 0 amide bonds. The molecule has 1 aliphatic rings. The lowest BCUT2D eigenvalue weighted by molar-refractivity contribution is -0.142. The number of nitrogens with one attached hydrogen (secondary N) is 1. The maximum Gasteiger partial charge on any atom is 0.306 e. The highest BCUT2D eigenvalue weighted by Gasteiger charge is 2.40. The van der Waals surface area contributed by atoms with Crippen molar-refractivity contribution in [3.63, 3.8) is 0 Å². The Morgan fingerprint density at radius 2 is 1.63 bits per heavy atom. The lowest BCUT2D eigenvalue weighted by atomic mass is 9.62. The predicted molar refractivity (Wildman–Crippen MR) is 110 cm³/mol. The maximum atomic E-state index is 11.0. The third-order valence-corrected chi connectivity index (χ3v) is 6.18. The van der Waals surface area contributed by atoms with Gasteiger partial charge in [-0.3, -0.25) is 4.79 Å². The van der Waals surface area contributed by atoms with E-state index in [-0.39, 0.29) is 22.2 Å². The number of carbonyl (C=O) groups is 1. The molecule has 1 fully saturated rings. The van der Waals surface area contributed by atoms with Gasteiger partial charge in [0, 0.05) is 12.6 Å². The summed E-state index contributed by atoms with van der Waals surface area (Å²) < 4.78 is 5.95. The fourth-order valence-corrected chi connectivity index (χ4v) is 4.03. The first-order chi connectivity index (χ1) is 12.2. The molecule has 2 atom stereocenters. The summed E-state index contributed by atoms with van der Waals surface area (Å²) in [6.07, 6.45) is 3.68. The molecule has 0 aromatic rings. The summed E-state index contributed by atoms with van der Waals surface area (Å²) in [6, 6.07) is 0.302. The molecule has 0 spiro atoms. The quantitative estimate of drug-likeness (QED) is 0.557. The maximum absolute atomic E-state index is 11.0. The van der Waals surface area contributed by atoms with Crippen molar-refractivity contribution in [3.8, 4) is 0 Å². The zero-order valence-corrected chi connectivity index (χ0v) is 18.6. The molecule has 5 heteroatoms. The van der Waals surface area contributed by atoms with Crippen molar-refractivity contribution in [2.45, 2.75) is 92.7 Å². The first kappa shape index (κ1) is 24.4. The Morgan fingerprint density at radius 1 is 1.07 bits per heavy atom. The van der Waals surface area contributed by atoms with Crippen LogP contribution in [0.5, 0.6) is 0 Å². The summed E-state index contributed by atoms with van der Waals surface area (Å²) in [6.45, 7) is 17.3. The summed E-state index contributed by atoms with van der Waals surface area (Å²) in [5.41, 5.74) is 0.375. The molecule has 0 bridgehead atoms. The summed E-state index contributed by atoms with van der Waals surface area (Å²) >= 11 is 0. The van der Waals surface area contributed by atoms with Gasteiger partial charge in [0.2, 0.25) is 0 Å². The predicted octanol–water partition coefficient (Wildman–Crippen LogP) is 4.09. The van der Waals surface area contributed by atoms with Crippen LogP contribution in [0.3, 0.4) is 0 Å². The molecular formula is C22H43NO4. The number of aliphatic carboxylic acids is 1. The number of hydrogen-bond donors (Lipinski definition) is 3. The fraction of sp³-hybridized carbons (Fsp3) is 0.955. The molecule has 0 aliphatic heterocycles. The van der Waals surface area contributed by atoms with Crippen molar-refractivity contribution in [1.29, 1.82) is 0 Å². The van der Waals surface area contributed by atoms with Gasteiger partial charge in [0.05, 0.1) is 25.2 Å². The minimum Gasteiger partial charge on any atom is -0.481 e. The smallest absolute Gasteiger partial charge is 0.306 e. The van der Waals surface area contributed by atoms with Gasteiger partial charge in [0.1, 0.15) is 0 Å². The SMILES string of the molecule is CC(C)(C)CC(C)(COCC(O)CNC1CCC(C(=O)O)CC1)C(C)(C)C. The van der Waals surface area contributed by atoms with E-state index in [0.717, 1.165) is 32.1 Å². The van der Waals surface area contributed by atoms with Crippen molar-refractivity contribution in [2.75, 3.05) is 19.8 Å². The zero-order chi connectivity index (χ0) is 20.9. The summed E-state index contributed by atoms with van der Waals surface area (Å²) in [4.78, 5) is 11.0. The van der Waals surface area contributed by atoms with Crippen LogP contribution in [-0.4, -0.2) is 48.1 Å². The average Bonchev–Trinajstić information content (AvgIpc) is 2.50. The van der Waals surface area contributed by atoms with Crippen LogP contribution < -0.4 is 5.32 Å². The molecule has 0 aromatic carbocycles. The monoisotopic (exact) mass is 385 g/mol. The number of rotatable bonds is 9. The van der Waals surface area contributed by atoms with E-state index in [1.165, 1.54) is 0 Å². The van der Waals surface area contributed by atoms with Gasteiger partial charge in [-0.25, -0.2) is 0 Å². The summed E-state index contributed by atoms with van der Waals surface area (Å²) in [7, 11) is 0. The van der Waals surface area contributed by atoms with Crippen molar-refractivity contribution in [2.24, 2.45) is 22.2 Å². The molecule has 0 aromatic heterocycles. The number of aliphatic hydroxyl groups excluding tert-OH is 1. The molecule has 2 unspecified atom stereocenters. The zero-order valence-electron chi connectivity index (χ0n) is 18.6. The molecule has 1 saturated carbocycles. The van der Waals surface area contributed by atoms with E-state index >= 15 is 0 Å². The largest absolute Gasteiger partial charge is 0.481 e. The van der Waals surface area contributed by atoms with Gasteiger partial charge in [-0.05, 0) is 48.3 Å². The summed E-state index contributed by atoms with van der Waals surface area (Å²) in [5, 5.41) is 22.7. The van der Waals surface area contributed by atoms with Gasteiger partial charge >= 0.3 is 5.97 Å². The fourth-order valence-electron chi connectivity index (χ4n) is 4.03. The lowest BCUT2D eigenvalue weighted by Gasteiger charge is -2.45. The van der Waals surface area contributed by atoms with Crippen LogP contribution in [0.1, 0.15) is 80.6 Å². The molecule has 0 radical (unpaired) electrons. The second kappa shape index (κ2) is 9.71.